The molecule has 0 unspecified atom stereocenters. The van der Waals surface area contributed by atoms with Crippen LogP contribution in [-0.4, -0.2) is 12.5 Å². The molecule has 0 atom stereocenters. The monoisotopic (exact) mass is 223 g/mol. The predicted molar refractivity (Wildman–Crippen MR) is 63.5 cm³/mol. The molecular weight excluding hydrogens is 206 g/mol. The Bertz CT molecular complexity index is 346. The number of nitrogens with one attached hydrogen (secondary N) is 1. The highest BCUT2D eigenvalue weighted by Crippen LogP contribution is 2.30. The van der Waals surface area contributed by atoms with Crippen molar-refractivity contribution in [3.63, 3.8) is 0 Å². The first-order valence-corrected chi connectivity index (χ1v) is 6.38. The molecule has 0 aliphatic heterocycles. The van der Waals surface area contributed by atoms with E-state index in [4.69, 9.17) is 0 Å². The minimum Gasteiger partial charge on any atom is -0.351 e. The van der Waals surface area contributed by atoms with E-state index in [1.807, 2.05) is 0 Å². The first kappa shape index (κ1) is 10.7. The maximum absolute atomic E-state index is 11.8. The van der Waals surface area contributed by atoms with Gasteiger partial charge in [-0.15, -0.1) is 11.3 Å². The fourth-order valence-corrected chi connectivity index (χ4v) is 2.99. The minimum atomic E-state index is 0.100. The number of carbonyl (C=O) groups is 1. The van der Waals surface area contributed by atoms with E-state index in [9.17, 15) is 4.79 Å². The lowest BCUT2D eigenvalue weighted by molar-refractivity contribution is 0.0953. The van der Waals surface area contributed by atoms with Crippen molar-refractivity contribution in [3.8, 4) is 0 Å². The predicted octanol–water partition coefficient (Wildman–Crippen LogP) is 2.62. The third-order valence-corrected chi connectivity index (χ3v) is 3.88. The maximum atomic E-state index is 11.8. The molecule has 1 aliphatic carbocycles. The first-order valence-electron chi connectivity index (χ1n) is 5.56. The topological polar surface area (TPSA) is 29.1 Å². The third-order valence-electron chi connectivity index (χ3n) is 2.64. The molecule has 1 amide bonds. The van der Waals surface area contributed by atoms with Crippen LogP contribution in [0.3, 0.4) is 0 Å². The molecule has 2 nitrogen and oxygen atoms in total. The van der Waals surface area contributed by atoms with Crippen molar-refractivity contribution in [1.82, 2.24) is 5.32 Å². The van der Waals surface area contributed by atoms with Crippen molar-refractivity contribution >= 4 is 17.2 Å². The van der Waals surface area contributed by atoms with Gasteiger partial charge >= 0.3 is 0 Å². The normalized spacial score (nSPS) is 14.3. The summed E-state index contributed by atoms with van der Waals surface area (Å²) in [5, 5.41) is 2.96. The molecule has 1 aromatic rings. The molecule has 0 bridgehead atoms. The zero-order valence-corrected chi connectivity index (χ0v) is 10.1. The lowest BCUT2D eigenvalue weighted by Crippen LogP contribution is -2.26. The second kappa shape index (κ2) is 4.35. The number of hydrogen-bond acceptors (Lipinski definition) is 2. The van der Waals surface area contributed by atoms with Gasteiger partial charge in [-0.2, -0.15) is 0 Å². The van der Waals surface area contributed by atoms with E-state index in [0.717, 1.165) is 24.3 Å². The molecule has 0 radical (unpaired) electrons. The molecular formula is C12H17NOS. The second-order valence-corrected chi connectivity index (χ2v) is 5.65. The Hall–Kier alpha value is -0.830. The van der Waals surface area contributed by atoms with E-state index < -0.39 is 0 Å². The lowest BCUT2D eigenvalue weighted by Gasteiger charge is -2.05. The lowest BCUT2D eigenvalue weighted by atomic mass is 10.2. The molecule has 1 heterocycles. The van der Waals surface area contributed by atoms with Crippen molar-refractivity contribution in [2.45, 2.75) is 33.1 Å². The number of aryl methyl sites for hydroxylation is 2. The van der Waals surface area contributed by atoms with Gasteiger partial charge < -0.3 is 5.32 Å². The Morgan fingerprint density at radius 3 is 3.00 bits per heavy atom. The van der Waals surface area contributed by atoms with Crippen LogP contribution < -0.4 is 5.32 Å². The van der Waals surface area contributed by atoms with Crippen molar-refractivity contribution in [2.24, 2.45) is 5.92 Å². The Labute approximate surface area is 94.7 Å². The number of carbonyl (C=O) groups excluding carboxylic acids is 1. The number of fused-ring (bicyclic) bond motifs is 1. The van der Waals surface area contributed by atoms with Crippen molar-refractivity contribution in [3.05, 3.63) is 21.4 Å². The van der Waals surface area contributed by atoms with Gasteiger partial charge in [-0.1, -0.05) is 13.8 Å². The quantitative estimate of drug-likeness (QED) is 0.838. The molecule has 1 aliphatic rings. The molecule has 1 N–H and O–H groups in total. The van der Waals surface area contributed by atoms with Crippen LogP contribution in [-0.2, 0) is 12.8 Å². The summed E-state index contributed by atoms with van der Waals surface area (Å²) in [7, 11) is 0. The summed E-state index contributed by atoms with van der Waals surface area (Å²) in [6.45, 7) is 4.98. The van der Waals surface area contributed by atoms with Gasteiger partial charge in [-0.3, -0.25) is 4.79 Å². The summed E-state index contributed by atoms with van der Waals surface area (Å²) in [4.78, 5) is 14.1. The van der Waals surface area contributed by atoms with Crippen LogP contribution in [0.25, 0.3) is 0 Å². The van der Waals surface area contributed by atoms with E-state index >= 15 is 0 Å². The fraction of sp³-hybridized carbons (Fsp3) is 0.583. The third kappa shape index (κ3) is 2.40. The van der Waals surface area contributed by atoms with Gasteiger partial charge in [0.2, 0.25) is 0 Å². The highest BCUT2D eigenvalue weighted by atomic mass is 32.1. The van der Waals surface area contributed by atoms with Gasteiger partial charge in [0.05, 0.1) is 4.88 Å². The Morgan fingerprint density at radius 2 is 2.33 bits per heavy atom. The Balaban J connectivity index is 2.00. The van der Waals surface area contributed by atoms with Gasteiger partial charge in [-0.05, 0) is 36.8 Å². The number of thiophene rings is 1. The minimum absolute atomic E-state index is 0.100. The first-order chi connectivity index (χ1) is 7.16. The summed E-state index contributed by atoms with van der Waals surface area (Å²) >= 11 is 1.67. The Kier molecular flexibility index (Phi) is 3.10. The van der Waals surface area contributed by atoms with Gasteiger partial charge in [0, 0.05) is 11.4 Å². The van der Waals surface area contributed by atoms with Gasteiger partial charge in [0.15, 0.2) is 0 Å². The highest BCUT2D eigenvalue weighted by molar-refractivity contribution is 7.14. The van der Waals surface area contributed by atoms with E-state index in [0.29, 0.717) is 5.92 Å². The largest absolute Gasteiger partial charge is 0.351 e. The van der Waals surface area contributed by atoms with Crippen LogP contribution in [0.2, 0.25) is 0 Å². The smallest absolute Gasteiger partial charge is 0.261 e. The van der Waals surface area contributed by atoms with Gasteiger partial charge in [0.1, 0.15) is 0 Å². The van der Waals surface area contributed by atoms with Gasteiger partial charge in [0.25, 0.3) is 5.91 Å². The van der Waals surface area contributed by atoms with Crippen molar-refractivity contribution in [1.29, 1.82) is 0 Å². The van der Waals surface area contributed by atoms with E-state index in [1.165, 1.54) is 16.9 Å². The highest BCUT2D eigenvalue weighted by Gasteiger charge is 2.18. The maximum Gasteiger partial charge on any atom is 0.261 e. The molecule has 0 fully saturated rings. The van der Waals surface area contributed by atoms with Crippen LogP contribution in [0.15, 0.2) is 6.07 Å². The molecule has 0 spiro atoms. The molecule has 0 saturated carbocycles. The summed E-state index contributed by atoms with van der Waals surface area (Å²) in [5.74, 6) is 0.615. The molecule has 82 valence electrons. The van der Waals surface area contributed by atoms with Crippen molar-refractivity contribution in [2.75, 3.05) is 6.54 Å². The molecule has 0 saturated heterocycles. The van der Waals surface area contributed by atoms with Gasteiger partial charge in [-0.25, -0.2) is 0 Å². The standard InChI is InChI=1S/C12H17NOS/c1-8(2)7-13-12(14)11-6-9-4-3-5-10(9)15-11/h6,8H,3-5,7H2,1-2H3,(H,13,14). The van der Waals surface area contributed by atoms with E-state index in [-0.39, 0.29) is 5.91 Å². The molecule has 0 aromatic carbocycles. The van der Waals surface area contributed by atoms with Crippen LogP contribution in [0.4, 0.5) is 0 Å². The van der Waals surface area contributed by atoms with Crippen LogP contribution in [0.1, 0.15) is 40.4 Å². The number of amides is 1. The molecule has 2 rings (SSSR count). The van der Waals surface area contributed by atoms with Crippen LogP contribution in [0, 0.1) is 5.92 Å². The zero-order chi connectivity index (χ0) is 10.8. The summed E-state index contributed by atoms with van der Waals surface area (Å²) in [5.41, 5.74) is 1.40. The summed E-state index contributed by atoms with van der Waals surface area (Å²) < 4.78 is 0. The van der Waals surface area contributed by atoms with Crippen LogP contribution in [0.5, 0.6) is 0 Å². The number of hydrogen-bond donors (Lipinski definition) is 1. The Morgan fingerprint density at radius 1 is 1.53 bits per heavy atom. The summed E-state index contributed by atoms with van der Waals surface area (Å²) in [6, 6.07) is 2.07. The molecule has 15 heavy (non-hydrogen) atoms. The van der Waals surface area contributed by atoms with Crippen molar-refractivity contribution < 1.29 is 4.79 Å². The average molecular weight is 223 g/mol. The van der Waals surface area contributed by atoms with E-state index in [1.54, 1.807) is 11.3 Å². The van der Waals surface area contributed by atoms with Crippen LogP contribution >= 0.6 is 11.3 Å². The summed E-state index contributed by atoms with van der Waals surface area (Å²) in [6.07, 6.45) is 3.58. The second-order valence-electron chi connectivity index (χ2n) is 4.52. The molecule has 3 heteroatoms. The zero-order valence-electron chi connectivity index (χ0n) is 9.30. The van der Waals surface area contributed by atoms with E-state index in [2.05, 4.69) is 25.2 Å². The fourth-order valence-electron chi connectivity index (χ4n) is 1.82. The number of rotatable bonds is 3. The SMILES string of the molecule is CC(C)CNC(=O)c1cc2c(s1)CCC2. The molecule has 1 aromatic heterocycles. The average Bonchev–Trinajstić information content (AvgIpc) is 2.72.